The second-order valence-corrected chi connectivity index (χ2v) is 21.8. The molecule has 2 heterocycles. The van der Waals surface area contributed by atoms with Crippen LogP contribution in [-0.4, -0.2) is 140 Å². The van der Waals surface area contributed by atoms with Crippen LogP contribution in [0.15, 0.2) is 48.6 Å². The Kier molecular flexibility index (Phi) is 44.0. The zero-order valence-corrected chi connectivity index (χ0v) is 47.7. The molecule has 2 aliphatic heterocycles. The first kappa shape index (κ1) is 70.1. The summed E-state index contributed by atoms with van der Waals surface area (Å²) >= 11 is 0. The highest BCUT2D eigenvalue weighted by Gasteiger charge is 2.51. The van der Waals surface area contributed by atoms with Gasteiger partial charge in [0.25, 0.3) is 0 Å². The number of unbranched alkanes of at least 4 members (excludes halogenated alkanes) is 30. The molecular formula is C62H113NO13. The average molecular weight is 1080 g/mol. The number of allylic oxidation sites excluding steroid dienone is 7. The van der Waals surface area contributed by atoms with Crippen LogP contribution < -0.4 is 5.32 Å². The van der Waals surface area contributed by atoms with Crippen molar-refractivity contribution in [1.82, 2.24) is 5.32 Å². The van der Waals surface area contributed by atoms with E-state index in [4.69, 9.17) is 18.9 Å². The molecule has 12 unspecified atom stereocenters. The number of hydrogen-bond donors (Lipinski definition) is 9. The van der Waals surface area contributed by atoms with E-state index in [0.29, 0.717) is 12.8 Å². The largest absolute Gasteiger partial charge is 0.394 e. The molecule has 1 amide bonds. The maximum absolute atomic E-state index is 13.2. The topological polar surface area (TPSA) is 228 Å². The normalized spacial score (nSPS) is 25.2. The molecule has 12 atom stereocenters. The van der Waals surface area contributed by atoms with Gasteiger partial charge >= 0.3 is 0 Å². The van der Waals surface area contributed by atoms with Crippen LogP contribution >= 0.6 is 0 Å². The lowest BCUT2D eigenvalue weighted by atomic mass is 9.97. The summed E-state index contributed by atoms with van der Waals surface area (Å²) in [5.74, 6) is -0.250. The molecule has 9 N–H and O–H groups in total. The first-order valence-corrected chi connectivity index (χ1v) is 30.9. The van der Waals surface area contributed by atoms with Crippen molar-refractivity contribution in [3.63, 3.8) is 0 Å². The molecule has 2 rings (SSSR count). The molecular weight excluding hydrogens is 967 g/mol. The molecule has 14 nitrogen and oxygen atoms in total. The van der Waals surface area contributed by atoms with Crippen molar-refractivity contribution in [1.29, 1.82) is 0 Å². The first-order chi connectivity index (χ1) is 37.1. The summed E-state index contributed by atoms with van der Waals surface area (Å²) in [6.45, 7) is 2.71. The van der Waals surface area contributed by atoms with Crippen molar-refractivity contribution < 1.29 is 64.6 Å². The number of hydrogen-bond acceptors (Lipinski definition) is 13. The van der Waals surface area contributed by atoms with E-state index in [2.05, 4.69) is 55.6 Å². The quantitative estimate of drug-likeness (QED) is 0.0204. The van der Waals surface area contributed by atoms with Crippen LogP contribution in [0, 0.1) is 0 Å². The van der Waals surface area contributed by atoms with E-state index in [1.54, 1.807) is 6.08 Å². The molecule has 2 aliphatic rings. The van der Waals surface area contributed by atoms with Gasteiger partial charge in [-0.05, 0) is 64.2 Å². The third kappa shape index (κ3) is 32.9. The highest BCUT2D eigenvalue weighted by Crippen LogP contribution is 2.30. The average Bonchev–Trinajstić information content (AvgIpc) is 3.42. The number of carbonyl (C=O) groups excluding carboxylic acids is 1. The summed E-state index contributed by atoms with van der Waals surface area (Å²) in [5.41, 5.74) is 0. The molecule has 0 aromatic heterocycles. The maximum atomic E-state index is 13.2. The summed E-state index contributed by atoms with van der Waals surface area (Å²) in [6, 6.07) is -0.928. The molecule has 14 heteroatoms. The number of amides is 1. The number of aliphatic hydroxyl groups is 8. The van der Waals surface area contributed by atoms with E-state index < -0.39 is 86.8 Å². The number of carbonyl (C=O) groups is 1. The van der Waals surface area contributed by atoms with Crippen LogP contribution in [0.1, 0.15) is 245 Å². The fourth-order valence-corrected chi connectivity index (χ4v) is 9.99. The lowest BCUT2D eigenvalue weighted by molar-refractivity contribution is -0.359. The predicted octanol–water partition coefficient (Wildman–Crippen LogP) is 10.8. The molecule has 0 radical (unpaired) electrons. The van der Waals surface area contributed by atoms with Gasteiger partial charge < -0.3 is 65.1 Å². The number of rotatable bonds is 49. The predicted molar refractivity (Wildman–Crippen MR) is 304 cm³/mol. The molecule has 0 aromatic carbocycles. The van der Waals surface area contributed by atoms with E-state index >= 15 is 0 Å². The molecule has 76 heavy (non-hydrogen) atoms. The maximum Gasteiger partial charge on any atom is 0.220 e. The minimum absolute atomic E-state index is 0.250. The van der Waals surface area contributed by atoms with Gasteiger partial charge in [-0.2, -0.15) is 0 Å². The molecule has 0 aliphatic carbocycles. The zero-order chi connectivity index (χ0) is 55.3. The van der Waals surface area contributed by atoms with Crippen LogP contribution in [0.3, 0.4) is 0 Å². The van der Waals surface area contributed by atoms with Crippen molar-refractivity contribution >= 4 is 5.91 Å². The van der Waals surface area contributed by atoms with Crippen molar-refractivity contribution in [2.45, 2.75) is 319 Å². The molecule has 0 spiro atoms. The zero-order valence-electron chi connectivity index (χ0n) is 47.7. The van der Waals surface area contributed by atoms with Crippen molar-refractivity contribution in [3.05, 3.63) is 48.6 Å². The second-order valence-electron chi connectivity index (χ2n) is 21.8. The molecule has 0 bridgehead atoms. The molecule has 0 aromatic rings. The van der Waals surface area contributed by atoms with E-state index in [9.17, 15) is 45.6 Å². The number of nitrogens with one attached hydrogen (secondary N) is 1. The Morgan fingerprint density at radius 1 is 0.474 bits per heavy atom. The van der Waals surface area contributed by atoms with Crippen LogP contribution in [0.25, 0.3) is 0 Å². The molecule has 2 saturated heterocycles. The fraction of sp³-hybridized carbons (Fsp3) is 0.855. The Bertz CT molecular complexity index is 1460. The van der Waals surface area contributed by atoms with Gasteiger partial charge in [-0.1, -0.05) is 223 Å². The van der Waals surface area contributed by atoms with Gasteiger partial charge in [-0.15, -0.1) is 0 Å². The summed E-state index contributed by atoms with van der Waals surface area (Å²) < 4.78 is 22.7. The van der Waals surface area contributed by atoms with E-state index in [1.165, 1.54) is 167 Å². The van der Waals surface area contributed by atoms with Gasteiger partial charge in [0, 0.05) is 6.42 Å². The van der Waals surface area contributed by atoms with Gasteiger partial charge in [-0.25, -0.2) is 0 Å². The van der Waals surface area contributed by atoms with Gasteiger partial charge in [0.1, 0.15) is 48.8 Å². The second kappa shape index (κ2) is 47.7. The van der Waals surface area contributed by atoms with Crippen LogP contribution in [-0.2, 0) is 23.7 Å². The third-order valence-electron chi connectivity index (χ3n) is 15.0. The Labute approximate surface area is 461 Å². The summed E-state index contributed by atoms with van der Waals surface area (Å²) in [5, 5.41) is 86.8. The summed E-state index contributed by atoms with van der Waals surface area (Å²) in [4.78, 5) is 13.2. The van der Waals surface area contributed by atoms with Crippen LogP contribution in [0.2, 0.25) is 0 Å². The van der Waals surface area contributed by atoms with E-state index in [-0.39, 0.29) is 18.9 Å². The SMILES string of the molecule is CCCCC/C=C/CC/C=C/C(O)C(COC1OC(CO)C(OC2OC(CO)C(O)C(O)C2O)C(O)C1O)NC(=O)CCCCCCCCCCCCCCCCCCCCCCC/C=C\C/C=C\CCCCCCC. The smallest absolute Gasteiger partial charge is 0.220 e. The molecule has 2 fully saturated rings. The summed E-state index contributed by atoms with van der Waals surface area (Å²) in [7, 11) is 0. The minimum atomic E-state index is -1.79. The summed E-state index contributed by atoms with van der Waals surface area (Å²) in [6.07, 6.45) is 43.5. The Morgan fingerprint density at radius 2 is 0.882 bits per heavy atom. The van der Waals surface area contributed by atoms with Gasteiger partial charge in [0.2, 0.25) is 5.91 Å². The van der Waals surface area contributed by atoms with Gasteiger partial charge in [-0.3, -0.25) is 4.79 Å². The van der Waals surface area contributed by atoms with Crippen LogP contribution in [0.4, 0.5) is 0 Å². The first-order valence-electron chi connectivity index (χ1n) is 30.9. The van der Waals surface area contributed by atoms with Crippen LogP contribution in [0.5, 0.6) is 0 Å². The lowest BCUT2D eigenvalue weighted by Crippen LogP contribution is -2.65. The molecule has 0 saturated carbocycles. The highest BCUT2D eigenvalue weighted by atomic mass is 16.7. The number of ether oxygens (including phenoxy) is 4. The highest BCUT2D eigenvalue weighted by molar-refractivity contribution is 5.76. The Morgan fingerprint density at radius 3 is 1.39 bits per heavy atom. The number of aliphatic hydroxyl groups excluding tert-OH is 8. The Hall–Kier alpha value is -2.05. The monoisotopic (exact) mass is 1080 g/mol. The Balaban J connectivity index is 1.59. The minimum Gasteiger partial charge on any atom is -0.394 e. The van der Waals surface area contributed by atoms with E-state index in [0.717, 1.165) is 44.9 Å². The standard InChI is InChI=1S/C62H113NO13/c1-3-5-7-9-11-13-14-15-16-17-18-19-20-21-22-23-24-25-26-27-28-29-30-31-32-33-34-35-36-38-40-42-44-46-54(67)63-50(51(66)45-43-41-39-37-12-10-8-6-4-2)49-73-61-59(72)57(70)60(53(48-65)75-61)76-62-58(71)56(69)55(68)52(47-64)74-62/h12,14-15,17-18,37,43,45,50-53,55-62,64-66,68-72H,3-11,13,16,19-36,38-42,44,46-49H2,1-2H3,(H,63,67)/b15-14-,18-17-,37-12+,45-43+. The lowest BCUT2D eigenvalue weighted by Gasteiger charge is -2.46. The van der Waals surface area contributed by atoms with Gasteiger partial charge in [0.15, 0.2) is 12.6 Å². The van der Waals surface area contributed by atoms with Gasteiger partial charge in [0.05, 0.1) is 32.0 Å². The fourth-order valence-electron chi connectivity index (χ4n) is 9.99. The molecule has 444 valence electrons. The van der Waals surface area contributed by atoms with Crippen molar-refractivity contribution in [2.75, 3.05) is 19.8 Å². The van der Waals surface area contributed by atoms with E-state index in [1.807, 2.05) is 6.08 Å². The van der Waals surface area contributed by atoms with Crippen molar-refractivity contribution in [3.8, 4) is 0 Å². The van der Waals surface area contributed by atoms with Crippen molar-refractivity contribution in [2.24, 2.45) is 0 Å². The third-order valence-corrected chi connectivity index (χ3v) is 15.0.